The van der Waals surface area contributed by atoms with Gasteiger partial charge in [-0.1, -0.05) is 11.8 Å². The molecule has 9 heteroatoms. The van der Waals surface area contributed by atoms with Crippen LogP contribution in [0, 0.1) is 0 Å². The van der Waals surface area contributed by atoms with Crippen molar-refractivity contribution >= 4 is 17.7 Å². The Labute approximate surface area is 83.9 Å². The Bertz CT molecular complexity index is 256. The minimum absolute atomic E-state index is 0.460. The predicted octanol–water partition coefficient (Wildman–Crippen LogP) is 2.49. The van der Waals surface area contributed by atoms with E-state index in [4.69, 9.17) is 0 Å². The minimum atomic E-state index is -5.67. The molecule has 1 fully saturated rings. The highest BCUT2D eigenvalue weighted by Gasteiger charge is 2.75. The van der Waals surface area contributed by atoms with Gasteiger partial charge in [0.25, 0.3) is 0 Å². The van der Waals surface area contributed by atoms with Crippen LogP contribution >= 0.6 is 11.8 Å². The average molecular weight is 254 g/mol. The number of cyclic esters (lactones) is 1. The smallest absolute Gasteiger partial charge is 0.429 e. The number of hydrogen-bond donors (Lipinski definition) is 0. The van der Waals surface area contributed by atoms with Crippen molar-refractivity contribution in [3.8, 4) is 0 Å². The number of carbonyl (C=O) groups excluding carboxylic acids is 1. The fourth-order valence-corrected chi connectivity index (χ4v) is 1.99. The molecule has 1 rings (SSSR count). The summed E-state index contributed by atoms with van der Waals surface area (Å²) in [6, 6.07) is 0. The summed E-state index contributed by atoms with van der Waals surface area (Å²) >= 11 is -0.465. The minimum Gasteiger partial charge on any atom is -0.429 e. The van der Waals surface area contributed by atoms with Crippen molar-refractivity contribution in [1.82, 2.24) is 0 Å². The van der Waals surface area contributed by atoms with Gasteiger partial charge in [0.15, 0.2) is 0 Å². The first-order valence-electron chi connectivity index (χ1n) is 3.59. The lowest BCUT2D eigenvalue weighted by Gasteiger charge is -2.37. The van der Waals surface area contributed by atoms with Crippen LogP contribution in [0.15, 0.2) is 0 Å². The summed E-state index contributed by atoms with van der Waals surface area (Å²) in [7, 11) is 0. The van der Waals surface area contributed by atoms with Gasteiger partial charge >= 0.3 is 23.3 Å². The quantitative estimate of drug-likeness (QED) is 0.490. The van der Waals surface area contributed by atoms with E-state index >= 15 is 0 Å². The number of carbonyl (C=O) groups is 1. The highest BCUT2D eigenvalue weighted by Crippen LogP contribution is 2.54. The molecule has 0 aliphatic carbocycles. The summed E-state index contributed by atoms with van der Waals surface area (Å²) in [5.41, 5.74) is 0. The molecule has 15 heavy (non-hydrogen) atoms. The van der Waals surface area contributed by atoms with Crippen molar-refractivity contribution in [1.29, 1.82) is 0 Å². The van der Waals surface area contributed by atoms with Crippen LogP contribution in [0.25, 0.3) is 0 Å². The third kappa shape index (κ3) is 2.01. The zero-order chi connectivity index (χ0) is 11.9. The number of hydrogen-bond acceptors (Lipinski definition) is 3. The van der Waals surface area contributed by atoms with Gasteiger partial charge in [0, 0.05) is 5.75 Å². The van der Waals surface area contributed by atoms with Crippen molar-refractivity contribution in [3.63, 3.8) is 0 Å². The van der Waals surface area contributed by atoms with Crippen molar-refractivity contribution in [2.24, 2.45) is 0 Å². The van der Waals surface area contributed by atoms with Crippen molar-refractivity contribution < 1.29 is 35.9 Å². The van der Waals surface area contributed by atoms with Crippen molar-refractivity contribution in [2.75, 3.05) is 5.75 Å². The maximum atomic E-state index is 12.2. The summed E-state index contributed by atoms with van der Waals surface area (Å²) in [5.74, 6) is -2.07. The number of ether oxygens (including phenoxy) is 1. The lowest BCUT2D eigenvalue weighted by molar-refractivity contribution is -0.332. The molecule has 0 radical (unpaired) electrons. The van der Waals surface area contributed by atoms with Crippen LogP contribution in [0.2, 0.25) is 0 Å². The van der Waals surface area contributed by atoms with E-state index in [9.17, 15) is 31.1 Å². The fraction of sp³-hybridized carbons (Fsp3) is 0.833. The van der Waals surface area contributed by atoms with Gasteiger partial charge in [0.2, 0.25) is 0 Å². The molecule has 0 amide bonds. The molecule has 1 aliphatic heterocycles. The molecule has 0 atom stereocenters. The lowest BCUT2D eigenvalue weighted by atomic mass is 10.3. The molecule has 1 aliphatic rings. The fourth-order valence-electron chi connectivity index (χ4n) is 0.959. The summed E-state index contributed by atoms with van der Waals surface area (Å²) < 4.78 is 77.0. The van der Waals surface area contributed by atoms with Gasteiger partial charge in [-0.3, -0.25) is 4.79 Å². The maximum Gasteiger partial charge on any atom is 0.448 e. The van der Waals surface area contributed by atoms with Gasteiger partial charge in [-0.05, 0) is 0 Å². The normalized spacial score (nSPS) is 22.4. The molecule has 0 N–H and O–H groups in total. The van der Waals surface area contributed by atoms with Crippen LogP contribution in [0.4, 0.5) is 26.3 Å². The first-order valence-corrected chi connectivity index (χ1v) is 4.58. The third-order valence-corrected chi connectivity index (χ3v) is 2.98. The first kappa shape index (κ1) is 12.5. The second-order valence-corrected chi connectivity index (χ2v) is 3.96. The van der Waals surface area contributed by atoms with Crippen LogP contribution in [0.5, 0.6) is 0 Å². The Morgan fingerprint density at radius 1 is 1.13 bits per heavy atom. The molecule has 2 nitrogen and oxygen atoms in total. The van der Waals surface area contributed by atoms with E-state index in [1.54, 1.807) is 0 Å². The molecule has 0 aromatic rings. The van der Waals surface area contributed by atoms with Gasteiger partial charge in [0.1, 0.15) is 0 Å². The van der Waals surface area contributed by atoms with Crippen molar-refractivity contribution in [3.05, 3.63) is 0 Å². The highest BCUT2D eigenvalue weighted by atomic mass is 32.2. The molecule has 0 aromatic carbocycles. The first-order chi connectivity index (χ1) is 6.60. The van der Waals surface area contributed by atoms with Gasteiger partial charge in [0.05, 0.1) is 6.42 Å². The van der Waals surface area contributed by atoms with Crippen LogP contribution in [0.3, 0.4) is 0 Å². The maximum absolute atomic E-state index is 12.2. The summed E-state index contributed by atoms with van der Waals surface area (Å²) in [6.45, 7) is 0. The van der Waals surface area contributed by atoms with Crippen LogP contribution in [0.1, 0.15) is 6.42 Å². The molecular weight excluding hydrogens is 250 g/mol. The molecular formula is C6H4F6O2S. The Kier molecular flexibility index (Phi) is 2.88. The summed E-state index contributed by atoms with van der Waals surface area (Å²) in [5, 5.41) is 0. The number of rotatable bonds is 0. The van der Waals surface area contributed by atoms with Crippen LogP contribution < -0.4 is 0 Å². The van der Waals surface area contributed by atoms with Gasteiger partial charge < -0.3 is 4.74 Å². The van der Waals surface area contributed by atoms with E-state index in [0.717, 1.165) is 0 Å². The molecule has 0 spiro atoms. The molecule has 1 heterocycles. The number of halogens is 6. The van der Waals surface area contributed by atoms with E-state index in [1.165, 1.54) is 0 Å². The SMILES string of the molecule is O=C1CCSC(C(F)(F)F)(C(F)(F)F)O1. The Hall–Kier alpha value is -0.600. The average Bonchev–Trinajstić information content (AvgIpc) is 1.99. The lowest BCUT2D eigenvalue weighted by Crippen LogP contribution is -2.58. The summed E-state index contributed by atoms with van der Waals surface area (Å²) in [4.78, 5) is 6.13. The molecule has 0 bridgehead atoms. The standard InChI is InChI=1S/C6H4F6O2S/c7-5(8,9)4(6(10,11)12)14-3(13)1-2-15-4/h1-2H2. The zero-order valence-corrected chi connectivity index (χ0v) is 7.72. The molecule has 0 aromatic heterocycles. The van der Waals surface area contributed by atoms with Crippen LogP contribution in [-0.2, 0) is 9.53 Å². The van der Waals surface area contributed by atoms with Crippen LogP contribution in [-0.4, -0.2) is 29.0 Å². The van der Waals surface area contributed by atoms with Gasteiger partial charge in [-0.25, -0.2) is 0 Å². The van der Waals surface area contributed by atoms with Gasteiger partial charge in [-0.15, -0.1) is 0 Å². The van der Waals surface area contributed by atoms with E-state index in [2.05, 4.69) is 4.74 Å². The third-order valence-electron chi connectivity index (χ3n) is 1.62. The monoisotopic (exact) mass is 254 g/mol. The number of alkyl halides is 6. The highest BCUT2D eigenvalue weighted by molar-refractivity contribution is 8.00. The number of esters is 1. The van der Waals surface area contributed by atoms with E-state index < -0.39 is 47.2 Å². The number of thioether (sulfide) groups is 1. The zero-order valence-electron chi connectivity index (χ0n) is 6.91. The summed E-state index contributed by atoms with van der Waals surface area (Å²) in [6.07, 6.45) is -11.8. The van der Waals surface area contributed by atoms with E-state index in [-0.39, 0.29) is 0 Å². The second-order valence-electron chi connectivity index (χ2n) is 2.68. The Balaban J connectivity index is 3.13. The predicted molar refractivity (Wildman–Crippen MR) is 38.0 cm³/mol. The van der Waals surface area contributed by atoms with E-state index in [1.807, 2.05) is 0 Å². The molecule has 88 valence electrons. The molecule has 0 saturated carbocycles. The van der Waals surface area contributed by atoms with E-state index in [0.29, 0.717) is 0 Å². The molecule has 0 unspecified atom stereocenters. The van der Waals surface area contributed by atoms with Gasteiger partial charge in [-0.2, -0.15) is 26.3 Å². The topological polar surface area (TPSA) is 26.3 Å². The molecule has 1 saturated heterocycles. The Morgan fingerprint density at radius 3 is 1.87 bits per heavy atom. The second kappa shape index (κ2) is 3.46. The Morgan fingerprint density at radius 2 is 1.60 bits per heavy atom. The van der Waals surface area contributed by atoms with Crippen molar-refractivity contribution in [2.45, 2.75) is 23.7 Å². The largest absolute Gasteiger partial charge is 0.448 e.